The van der Waals surface area contributed by atoms with Crippen LogP contribution in [0.1, 0.15) is 39.5 Å². The van der Waals surface area contributed by atoms with Gasteiger partial charge in [-0.15, -0.1) is 0 Å². The Morgan fingerprint density at radius 1 is 0.895 bits per heavy atom. The van der Waals surface area contributed by atoms with Gasteiger partial charge >= 0.3 is 0 Å². The molecule has 1 nitrogen and oxygen atoms in total. The molecule has 0 heterocycles. The van der Waals surface area contributed by atoms with Gasteiger partial charge in [0.15, 0.2) is 5.78 Å². The van der Waals surface area contributed by atoms with Crippen molar-refractivity contribution in [1.82, 2.24) is 0 Å². The lowest BCUT2D eigenvalue weighted by atomic mass is 10.0. The van der Waals surface area contributed by atoms with Gasteiger partial charge in [-0.3, -0.25) is 4.79 Å². The third-order valence-corrected chi connectivity index (χ3v) is 3.18. The van der Waals surface area contributed by atoms with Gasteiger partial charge in [-0.25, -0.2) is 0 Å². The molecule has 2 rings (SSSR count). The Hall–Kier alpha value is -2.15. The minimum atomic E-state index is 0.117. The van der Waals surface area contributed by atoms with Gasteiger partial charge < -0.3 is 0 Å². The molecule has 0 unspecified atom stereocenters. The Balaban J connectivity index is 2.22. The largest absolute Gasteiger partial charge is 0.295 e. The van der Waals surface area contributed by atoms with Crippen molar-refractivity contribution in [2.24, 2.45) is 0 Å². The smallest absolute Gasteiger partial charge is 0.160 e. The molecule has 0 saturated carbocycles. The fraction of sp³-hybridized carbons (Fsp3) is 0.167. The van der Waals surface area contributed by atoms with Crippen LogP contribution in [0.3, 0.4) is 0 Å². The maximum atomic E-state index is 11.4. The molecule has 0 aliphatic rings. The first kappa shape index (κ1) is 13.3. The molecule has 96 valence electrons. The summed E-state index contributed by atoms with van der Waals surface area (Å²) in [4.78, 5) is 11.4. The molecule has 2 aromatic carbocycles. The average molecular weight is 250 g/mol. The number of Topliss-reactive ketones (excluding diaryl/α,β-unsaturated/α-hetero) is 1. The Bertz CT molecular complexity index is 619. The van der Waals surface area contributed by atoms with Gasteiger partial charge in [0.2, 0.25) is 0 Å². The number of aryl methyl sites for hydroxylation is 2. The molecular formula is C18H18O. The van der Waals surface area contributed by atoms with E-state index in [2.05, 4.69) is 43.3 Å². The van der Waals surface area contributed by atoms with Crippen molar-refractivity contribution in [3.05, 3.63) is 70.3 Å². The van der Waals surface area contributed by atoms with E-state index in [1.54, 1.807) is 6.92 Å². The molecule has 0 atom stereocenters. The van der Waals surface area contributed by atoms with Gasteiger partial charge in [0.25, 0.3) is 0 Å². The van der Waals surface area contributed by atoms with Crippen LogP contribution >= 0.6 is 0 Å². The average Bonchev–Trinajstić information content (AvgIpc) is 2.37. The lowest BCUT2D eigenvalue weighted by Crippen LogP contribution is -1.95. The summed E-state index contributed by atoms with van der Waals surface area (Å²) in [6, 6.07) is 14.3. The predicted octanol–water partition coefficient (Wildman–Crippen LogP) is 4.68. The van der Waals surface area contributed by atoms with Crippen LogP contribution in [-0.2, 0) is 0 Å². The molecule has 2 aromatic rings. The van der Waals surface area contributed by atoms with E-state index in [9.17, 15) is 4.79 Å². The summed E-state index contributed by atoms with van der Waals surface area (Å²) in [6.45, 7) is 5.65. The molecule has 0 spiro atoms. The number of ketones is 1. The fourth-order valence-corrected chi connectivity index (χ4v) is 2.06. The van der Waals surface area contributed by atoms with Crippen LogP contribution < -0.4 is 0 Å². The van der Waals surface area contributed by atoms with Crippen molar-refractivity contribution >= 4 is 17.9 Å². The molecule has 0 aliphatic heterocycles. The van der Waals surface area contributed by atoms with Gasteiger partial charge in [-0.1, -0.05) is 60.2 Å². The van der Waals surface area contributed by atoms with Crippen LogP contribution in [0.2, 0.25) is 0 Å². The summed E-state index contributed by atoms with van der Waals surface area (Å²) < 4.78 is 0. The third-order valence-electron chi connectivity index (χ3n) is 3.18. The zero-order chi connectivity index (χ0) is 13.8. The van der Waals surface area contributed by atoms with Gasteiger partial charge in [0.1, 0.15) is 0 Å². The summed E-state index contributed by atoms with van der Waals surface area (Å²) >= 11 is 0. The minimum Gasteiger partial charge on any atom is -0.295 e. The number of rotatable bonds is 3. The van der Waals surface area contributed by atoms with Crippen molar-refractivity contribution in [1.29, 1.82) is 0 Å². The van der Waals surface area contributed by atoms with E-state index >= 15 is 0 Å². The number of carbonyl (C=O) groups is 1. The second-order valence-electron chi connectivity index (χ2n) is 4.87. The molecular weight excluding hydrogens is 232 g/mol. The summed E-state index contributed by atoms with van der Waals surface area (Å²) in [7, 11) is 0. The van der Waals surface area contributed by atoms with E-state index in [-0.39, 0.29) is 5.78 Å². The Morgan fingerprint density at radius 2 is 1.47 bits per heavy atom. The van der Waals surface area contributed by atoms with Crippen molar-refractivity contribution in [2.45, 2.75) is 20.8 Å². The summed E-state index contributed by atoms with van der Waals surface area (Å²) in [6.07, 6.45) is 4.16. The van der Waals surface area contributed by atoms with Crippen molar-refractivity contribution in [3.63, 3.8) is 0 Å². The predicted molar refractivity (Wildman–Crippen MR) is 81.3 cm³/mol. The maximum Gasteiger partial charge on any atom is 0.160 e. The van der Waals surface area contributed by atoms with Gasteiger partial charge in [-0.2, -0.15) is 0 Å². The zero-order valence-electron chi connectivity index (χ0n) is 11.6. The number of hydrogen-bond acceptors (Lipinski definition) is 1. The molecule has 0 aromatic heterocycles. The van der Waals surface area contributed by atoms with E-state index in [0.717, 1.165) is 16.7 Å². The van der Waals surface area contributed by atoms with Crippen LogP contribution in [0.15, 0.2) is 42.5 Å². The highest BCUT2D eigenvalue weighted by molar-refractivity contribution is 5.95. The van der Waals surface area contributed by atoms with E-state index in [4.69, 9.17) is 0 Å². The first-order chi connectivity index (χ1) is 9.06. The molecule has 0 radical (unpaired) electrons. The first-order valence-electron chi connectivity index (χ1n) is 6.42. The molecule has 0 N–H and O–H groups in total. The highest BCUT2D eigenvalue weighted by Crippen LogP contribution is 2.15. The van der Waals surface area contributed by atoms with Gasteiger partial charge in [0, 0.05) is 5.56 Å². The first-order valence-corrected chi connectivity index (χ1v) is 6.42. The second-order valence-corrected chi connectivity index (χ2v) is 4.87. The Labute approximate surface area is 114 Å². The number of carbonyl (C=O) groups excluding carboxylic acids is 1. The van der Waals surface area contributed by atoms with Crippen LogP contribution in [-0.4, -0.2) is 5.78 Å². The summed E-state index contributed by atoms with van der Waals surface area (Å²) in [5.74, 6) is 0.117. The highest BCUT2D eigenvalue weighted by Gasteiger charge is 2.02. The fourth-order valence-electron chi connectivity index (χ4n) is 2.06. The van der Waals surface area contributed by atoms with Crippen LogP contribution in [0.4, 0.5) is 0 Å². The maximum absolute atomic E-state index is 11.4. The van der Waals surface area contributed by atoms with E-state index in [1.807, 2.05) is 25.1 Å². The minimum absolute atomic E-state index is 0.117. The quantitative estimate of drug-likeness (QED) is 0.571. The zero-order valence-corrected chi connectivity index (χ0v) is 11.6. The van der Waals surface area contributed by atoms with Crippen molar-refractivity contribution in [2.75, 3.05) is 0 Å². The molecule has 1 heteroatoms. The standard InChI is InChI=1S/C18H18O/c1-13-4-6-16(7-5-13)8-9-17-10-11-18(15(3)19)14(2)12-17/h4-12H,1-3H3/b9-8+. The highest BCUT2D eigenvalue weighted by atomic mass is 16.1. The Morgan fingerprint density at radius 3 is 2.05 bits per heavy atom. The normalized spacial score (nSPS) is 10.9. The summed E-state index contributed by atoms with van der Waals surface area (Å²) in [5, 5.41) is 0. The van der Waals surface area contributed by atoms with Crippen molar-refractivity contribution < 1.29 is 4.79 Å². The van der Waals surface area contributed by atoms with Crippen LogP contribution in [0.25, 0.3) is 12.2 Å². The molecule has 0 bridgehead atoms. The topological polar surface area (TPSA) is 17.1 Å². The van der Waals surface area contributed by atoms with E-state index < -0.39 is 0 Å². The number of hydrogen-bond donors (Lipinski definition) is 0. The van der Waals surface area contributed by atoms with E-state index in [0.29, 0.717) is 0 Å². The second kappa shape index (κ2) is 5.66. The summed E-state index contributed by atoms with van der Waals surface area (Å²) in [5.41, 5.74) is 5.38. The lowest BCUT2D eigenvalue weighted by Gasteiger charge is -2.03. The van der Waals surface area contributed by atoms with Gasteiger partial charge in [0.05, 0.1) is 0 Å². The van der Waals surface area contributed by atoms with Gasteiger partial charge in [-0.05, 0) is 37.5 Å². The van der Waals surface area contributed by atoms with Crippen molar-refractivity contribution in [3.8, 4) is 0 Å². The molecule has 19 heavy (non-hydrogen) atoms. The molecule has 0 aliphatic carbocycles. The molecule has 0 fully saturated rings. The van der Waals surface area contributed by atoms with Crippen LogP contribution in [0.5, 0.6) is 0 Å². The third kappa shape index (κ3) is 3.41. The SMILES string of the molecule is CC(=O)c1ccc(/C=C/c2ccc(C)cc2)cc1C. The molecule has 0 saturated heterocycles. The Kier molecular flexibility index (Phi) is 3.96. The molecule has 0 amide bonds. The monoisotopic (exact) mass is 250 g/mol. The van der Waals surface area contributed by atoms with E-state index in [1.165, 1.54) is 11.1 Å². The number of benzene rings is 2. The lowest BCUT2D eigenvalue weighted by molar-refractivity contribution is 0.101. The van der Waals surface area contributed by atoms with Crippen LogP contribution in [0, 0.1) is 13.8 Å².